The number of piperidine rings is 1. The van der Waals surface area contributed by atoms with Gasteiger partial charge in [-0.25, -0.2) is 23.4 Å². The number of sulfonamides is 1. The molecule has 0 aliphatic carbocycles. The molecule has 5 heterocycles. The fourth-order valence-electron chi connectivity index (χ4n) is 5.36. The molecule has 2 aliphatic rings. The first-order valence-electron chi connectivity index (χ1n) is 12.4. The maximum absolute atomic E-state index is 13.8. The highest BCUT2D eigenvalue weighted by molar-refractivity contribution is 7.89. The summed E-state index contributed by atoms with van der Waals surface area (Å²) >= 11 is 1.18. The Bertz CT molecular complexity index is 1450. The predicted octanol–water partition coefficient (Wildman–Crippen LogP) is 1.57. The van der Waals surface area contributed by atoms with Gasteiger partial charge in [0, 0.05) is 56.5 Å². The predicted molar refractivity (Wildman–Crippen MR) is 141 cm³/mol. The number of hydrogen-bond donors (Lipinski definition) is 0. The van der Waals surface area contributed by atoms with Gasteiger partial charge in [0.2, 0.25) is 21.9 Å². The first-order valence-corrected chi connectivity index (χ1v) is 14.7. The van der Waals surface area contributed by atoms with Gasteiger partial charge in [-0.3, -0.25) is 14.2 Å². The van der Waals surface area contributed by atoms with Crippen molar-refractivity contribution in [2.24, 2.45) is 11.8 Å². The van der Waals surface area contributed by atoms with E-state index in [2.05, 4.69) is 28.8 Å². The van der Waals surface area contributed by atoms with E-state index in [4.69, 9.17) is 0 Å². The number of thiophene rings is 1. The monoisotopic (exact) mass is 545 g/mol. The largest absolute Gasteiger partial charge is 0.341 e. The second-order valence-corrected chi connectivity index (χ2v) is 13.1. The van der Waals surface area contributed by atoms with Gasteiger partial charge in [0.05, 0.1) is 11.7 Å². The molecular weight excluding hydrogens is 514 g/mol. The van der Waals surface area contributed by atoms with Gasteiger partial charge < -0.3 is 9.80 Å². The van der Waals surface area contributed by atoms with Gasteiger partial charge in [0.1, 0.15) is 16.3 Å². The van der Waals surface area contributed by atoms with Gasteiger partial charge >= 0.3 is 0 Å². The molecule has 2 atom stereocenters. The van der Waals surface area contributed by atoms with Crippen molar-refractivity contribution < 1.29 is 13.2 Å². The summed E-state index contributed by atoms with van der Waals surface area (Å²) in [6, 6.07) is 1.73. The average Bonchev–Trinajstić information content (AvgIpc) is 3.23. The van der Waals surface area contributed by atoms with Crippen molar-refractivity contribution in [1.29, 1.82) is 0 Å². The summed E-state index contributed by atoms with van der Waals surface area (Å²) < 4.78 is 30.2. The minimum atomic E-state index is -3.96. The Balaban J connectivity index is 1.41. The third-order valence-corrected chi connectivity index (χ3v) is 10.2. The minimum absolute atomic E-state index is 0.00331. The number of carbonyl (C=O) groups is 1. The number of anilines is 1. The summed E-state index contributed by atoms with van der Waals surface area (Å²) in [5, 5.41) is 0.0620. The summed E-state index contributed by atoms with van der Waals surface area (Å²) in [6.07, 6.45) is 5.73. The maximum Gasteiger partial charge on any atom is 0.263 e. The molecule has 13 heteroatoms. The van der Waals surface area contributed by atoms with E-state index in [-0.39, 0.29) is 35.8 Å². The fourth-order valence-corrected chi connectivity index (χ4v) is 8.45. The number of nitrogens with zero attached hydrogens (tertiary/aromatic N) is 7. The van der Waals surface area contributed by atoms with Gasteiger partial charge in [0.15, 0.2) is 0 Å². The third-order valence-electron chi connectivity index (χ3n) is 7.00. The number of carbonyl (C=O) groups excluding carboxylic acids is 1. The Labute approximate surface area is 219 Å². The van der Waals surface area contributed by atoms with E-state index < -0.39 is 15.6 Å². The molecule has 1 amide bonds. The van der Waals surface area contributed by atoms with Crippen molar-refractivity contribution in [3.05, 3.63) is 40.0 Å². The minimum Gasteiger partial charge on any atom is -0.341 e. The van der Waals surface area contributed by atoms with E-state index in [1.807, 2.05) is 4.90 Å². The molecule has 0 bridgehead atoms. The molecule has 5 rings (SSSR count). The second-order valence-electron chi connectivity index (χ2n) is 10.0. The van der Waals surface area contributed by atoms with E-state index in [0.29, 0.717) is 53.7 Å². The number of likely N-dealkylation sites (tertiary alicyclic amines) is 1. The summed E-state index contributed by atoms with van der Waals surface area (Å²) in [5.41, 5.74) is -0.504. The van der Waals surface area contributed by atoms with Crippen molar-refractivity contribution in [1.82, 2.24) is 28.7 Å². The number of amides is 1. The van der Waals surface area contributed by atoms with E-state index in [9.17, 15) is 18.0 Å². The van der Waals surface area contributed by atoms with Gasteiger partial charge in [-0.2, -0.15) is 4.31 Å². The summed E-state index contributed by atoms with van der Waals surface area (Å²) in [6.45, 7) is 8.45. The zero-order valence-electron chi connectivity index (χ0n) is 21.2. The normalized spacial score (nSPS) is 21.5. The Hall–Kier alpha value is -2.90. The van der Waals surface area contributed by atoms with Crippen molar-refractivity contribution in [3.63, 3.8) is 0 Å². The molecule has 3 aromatic rings. The molecule has 0 radical (unpaired) electrons. The molecule has 0 saturated carbocycles. The molecule has 37 heavy (non-hydrogen) atoms. The van der Waals surface area contributed by atoms with Crippen molar-refractivity contribution in [2.45, 2.75) is 38.6 Å². The van der Waals surface area contributed by atoms with Crippen LogP contribution in [0.5, 0.6) is 0 Å². The lowest BCUT2D eigenvalue weighted by molar-refractivity contribution is -0.134. The van der Waals surface area contributed by atoms with Crippen LogP contribution in [-0.4, -0.2) is 82.3 Å². The summed E-state index contributed by atoms with van der Waals surface area (Å²) in [4.78, 5) is 44.0. The van der Waals surface area contributed by atoms with Crippen LogP contribution in [0.15, 0.2) is 34.5 Å². The number of aromatic nitrogens is 4. The molecule has 0 N–H and O–H groups in total. The Morgan fingerprint density at radius 1 is 1.05 bits per heavy atom. The van der Waals surface area contributed by atoms with Crippen LogP contribution < -0.4 is 10.5 Å². The number of piperazine rings is 1. The molecular formula is C24H31N7O4S2. The molecule has 3 aromatic heterocycles. The number of rotatable bonds is 5. The van der Waals surface area contributed by atoms with Crippen LogP contribution in [-0.2, 0) is 21.4 Å². The van der Waals surface area contributed by atoms with Crippen LogP contribution >= 0.6 is 11.3 Å². The topological polar surface area (TPSA) is 122 Å². The highest BCUT2D eigenvalue weighted by Gasteiger charge is 2.34. The molecule has 0 spiro atoms. The molecule has 0 aromatic carbocycles. The molecule has 2 saturated heterocycles. The quantitative estimate of drug-likeness (QED) is 0.474. The van der Waals surface area contributed by atoms with Crippen LogP contribution in [0.2, 0.25) is 0 Å². The molecule has 198 valence electrons. The van der Waals surface area contributed by atoms with Crippen LogP contribution in [0, 0.1) is 18.8 Å². The third kappa shape index (κ3) is 4.99. The van der Waals surface area contributed by atoms with Crippen LogP contribution in [0.1, 0.15) is 25.1 Å². The standard InChI is InChI=1S/C24H31N7O4S2/c1-16-11-17(2)13-29(12-16)19(32)14-30-15-27-22-20(23(30)33)21(18(3)36-22)37(34,35)31-9-7-28(8-10-31)24-25-5-4-6-26-24/h4-6,15-17H,7-14H2,1-3H3/t16-,17-/m0/s1. The highest BCUT2D eigenvalue weighted by atomic mass is 32.2. The van der Waals surface area contributed by atoms with Crippen molar-refractivity contribution in [3.8, 4) is 0 Å². The molecule has 2 aliphatic heterocycles. The maximum atomic E-state index is 13.8. The lowest BCUT2D eigenvalue weighted by Crippen LogP contribution is -2.49. The molecule has 2 fully saturated rings. The molecule has 0 unspecified atom stereocenters. The van der Waals surface area contributed by atoms with Crippen LogP contribution in [0.25, 0.3) is 10.2 Å². The van der Waals surface area contributed by atoms with Crippen molar-refractivity contribution >= 4 is 43.4 Å². The lowest BCUT2D eigenvalue weighted by atomic mass is 9.92. The first-order chi connectivity index (χ1) is 17.6. The highest BCUT2D eigenvalue weighted by Crippen LogP contribution is 2.33. The Morgan fingerprint density at radius 2 is 1.70 bits per heavy atom. The fraction of sp³-hybridized carbons (Fsp3) is 0.542. The van der Waals surface area contributed by atoms with Gasteiger partial charge in [0.25, 0.3) is 5.56 Å². The van der Waals surface area contributed by atoms with E-state index in [1.54, 1.807) is 30.3 Å². The summed E-state index contributed by atoms with van der Waals surface area (Å²) in [5.74, 6) is 1.20. The Morgan fingerprint density at radius 3 is 2.35 bits per heavy atom. The van der Waals surface area contributed by atoms with E-state index in [1.165, 1.54) is 26.5 Å². The van der Waals surface area contributed by atoms with Gasteiger partial charge in [-0.1, -0.05) is 13.8 Å². The summed E-state index contributed by atoms with van der Waals surface area (Å²) in [7, 11) is -3.96. The molecule has 11 nitrogen and oxygen atoms in total. The van der Waals surface area contributed by atoms with Gasteiger partial charge in [-0.05, 0) is 31.2 Å². The average molecular weight is 546 g/mol. The van der Waals surface area contributed by atoms with E-state index in [0.717, 1.165) is 6.42 Å². The van der Waals surface area contributed by atoms with Gasteiger partial charge in [-0.15, -0.1) is 11.3 Å². The zero-order chi connectivity index (χ0) is 26.3. The second kappa shape index (κ2) is 10.1. The van der Waals surface area contributed by atoms with Crippen LogP contribution in [0.4, 0.5) is 5.95 Å². The number of fused-ring (bicyclic) bond motifs is 1. The number of aryl methyl sites for hydroxylation is 1. The SMILES string of the molecule is Cc1sc2ncn(CC(=O)N3C[C@@H](C)C[C@H](C)C3)c(=O)c2c1S(=O)(=O)N1CCN(c2ncccn2)CC1. The zero-order valence-corrected chi connectivity index (χ0v) is 22.8. The Kier molecular flexibility index (Phi) is 7.03. The smallest absolute Gasteiger partial charge is 0.263 e. The first kappa shape index (κ1) is 25.7. The van der Waals surface area contributed by atoms with Crippen LogP contribution in [0.3, 0.4) is 0 Å². The van der Waals surface area contributed by atoms with E-state index >= 15 is 0 Å². The number of hydrogen-bond acceptors (Lipinski definition) is 9. The lowest BCUT2D eigenvalue weighted by Gasteiger charge is -2.35. The van der Waals surface area contributed by atoms with Crippen molar-refractivity contribution in [2.75, 3.05) is 44.2 Å².